The third kappa shape index (κ3) is 4.05. The minimum atomic E-state index is -0.285. The number of thioether (sulfide) groups is 1. The van der Waals surface area contributed by atoms with E-state index in [9.17, 15) is 4.79 Å². The molecule has 0 bridgehead atoms. The Morgan fingerprint density at radius 2 is 2.09 bits per heavy atom. The first-order valence-corrected chi connectivity index (χ1v) is 8.87. The van der Waals surface area contributed by atoms with E-state index in [0.29, 0.717) is 23.1 Å². The molecule has 0 fully saturated rings. The molecule has 0 aliphatic carbocycles. The Bertz CT molecular complexity index is 799. The zero-order valence-corrected chi connectivity index (χ0v) is 14.4. The van der Waals surface area contributed by atoms with Gasteiger partial charge >= 0.3 is 0 Å². The molecule has 0 aliphatic heterocycles. The number of thiazole rings is 1. The van der Waals surface area contributed by atoms with Gasteiger partial charge in [-0.3, -0.25) is 4.79 Å². The second-order valence-electron chi connectivity index (χ2n) is 4.99. The van der Waals surface area contributed by atoms with Crippen molar-refractivity contribution in [1.29, 1.82) is 0 Å². The van der Waals surface area contributed by atoms with Crippen LogP contribution >= 0.6 is 23.1 Å². The summed E-state index contributed by atoms with van der Waals surface area (Å²) in [6, 6.07) is 9.21. The molecule has 7 heteroatoms. The first-order chi connectivity index (χ1) is 11.1. The molecule has 0 radical (unpaired) electrons. The summed E-state index contributed by atoms with van der Waals surface area (Å²) < 4.78 is 5.61. The maximum Gasteiger partial charge on any atom is 0.277 e. The molecule has 2 aromatic heterocycles. The average molecular weight is 345 g/mol. The SMILES string of the molecule is Cc1nc(Cc2nnc(SC(C)C(=O)c3ccccc3)o2)cs1. The summed E-state index contributed by atoms with van der Waals surface area (Å²) in [5.74, 6) is 0.558. The van der Waals surface area contributed by atoms with Crippen LogP contribution in [0, 0.1) is 6.92 Å². The van der Waals surface area contributed by atoms with Crippen LogP contribution in [0.5, 0.6) is 0 Å². The van der Waals surface area contributed by atoms with Crippen LogP contribution in [0.4, 0.5) is 0 Å². The van der Waals surface area contributed by atoms with Gasteiger partial charge in [-0.25, -0.2) is 4.98 Å². The molecule has 0 saturated heterocycles. The van der Waals surface area contributed by atoms with Gasteiger partial charge < -0.3 is 4.42 Å². The van der Waals surface area contributed by atoms with E-state index in [2.05, 4.69) is 15.2 Å². The number of carbonyl (C=O) groups excluding carboxylic acids is 1. The quantitative estimate of drug-likeness (QED) is 0.500. The smallest absolute Gasteiger partial charge is 0.277 e. The lowest BCUT2D eigenvalue weighted by molar-refractivity contribution is 0.0993. The Hall–Kier alpha value is -1.99. The highest BCUT2D eigenvalue weighted by molar-refractivity contribution is 8.00. The lowest BCUT2D eigenvalue weighted by atomic mass is 10.1. The van der Waals surface area contributed by atoms with Crippen LogP contribution in [0.3, 0.4) is 0 Å². The van der Waals surface area contributed by atoms with Gasteiger partial charge in [-0.1, -0.05) is 42.1 Å². The highest BCUT2D eigenvalue weighted by Crippen LogP contribution is 2.25. The van der Waals surface area contributed by atoms with Crippen LogP contribution in [0.25, 0.3) is 0 Å². The van der Waals surface area contributed by atoms with Gasteiger partial charge in [-0.2, -0.15) is 0 Å². The Labute approximate surface area is 142 Å². The largest absolute Gasteiger partial charge is 0.416 e. The number of Topliss-reactive ketones (excluding diaryl/α,β-unsaturated/α-hetero) is 1. The lowest BCUT2D eigenvalue weighted by Gasteiger charge is -2.06. The molecular formula is C16H15N3O2S2. The number of benzene rings is 1. The molecule has 0 amide bonds. The number of hydrogen-bond donors (Lipinski definition) is 0. The normalized spacial score (nSPS) is 12.3. The molecule has 118 valence electrons. The van der Waals surface area contributed by atoms with Gasteiger partial charge in [0.25, 0.3) is 5.22 Å². The zero-order chi connectivity index (χ0) is 16.2. The number of aryl methyl sites for hydroxylation is 1. The van der Waals surface area contributed by atoms with Gasteiger partial charge in [-0.15, -0.1) is 21.5 Å². The number of carbonyl (C=O) groups is 1. The van der Waals surface area contributed by atoms with Crippen LogP contribution in [0.2, 0.25) is 0 Å². The highest BCUT2D eigenvalue weighted by Gasteiger charge is 2.19. The van der Waals surface area contributed by atoms with Gasteiger partial charge in [0.2, 0.25) is 5.89 Å². The number of nitrogens with zero attached hydrogens (tertiary/aromatic N) is 3. The molecule has 3 rings (SSSR count). The average Bonchev–Trinajstić information content (AvgIpc) is 3.17. The summed E-state index contributed by atoms with van der Waals surface area (Å²) in [6.07, 6.45) is 0.513. The van der Waals surface area contributed by atoms with E-state index < -0.39 is 0 Å². The fourth-order valence-corrected chi connectivity index (χ4v) is 3.43. The highest BCUT2D eigenvalue weighted by atomic mass is 32.2. The molecule has 1 atom stereocenters. The van der Waals surface area contributed by atoms with Crippen LogP contribution in [0.1, 0.15) is 33.9 Å². The van der Waals surface area contributed by atoms with Gasteiger partial charge in [0.05, 0.1) is 22.4 Å². The number of aromatic nitrogens is 3. The maximum absolute atomic E-state index is 12.3. The van der Waals surface area contributed by atoms with E-state index in [1.807, 2.05) is 49.6 Å². The predicted octanol–water partition coefficient (Wildman–Crippen LogP) is 3.79. The molecule has 23 heavy (non-hydrogen) atoms. The second-order valence-corrected chi connectivity index (χ2v) is 7.34. The molecule has 0 N–H and O–H groups in total. The summed E-state index contributed by atoms with van der Waals surface area (Å²) >= 11 is 2.87. The van der Waals surface area contributed by atoms with Crippen molar-refractivity contribution < 1.29 is 9.21 Å². The summed E-state index contributed by atoms with van der Waals surface area (Å²) in [5.41, 5.74) is 1.60. The van der Waals surface area contributed by atoms with Crippen LogP contribution < -0.4 is 0 Å². The number of ketones is 1. The first kappa shape index (κ1) is 15.9. The van der Waals surface area contributed by atoms with Crippen molar-refractivity contribution in [3.63, 3.8) is 0 Å². The van der Waals surface area contributed by atoms with Crippen molar-refractivity contribution in [2.24, 2.45) is 0 Å². The van der Waals surface area contributed by atoms with E-state index in [-0.39, 0.29) is 11.0 Å². The molecule has 5 nitrogen and oxygen atoms in total. The van der Waals surface area contributed by atoms with E-state index in [4.69, 9.17) is 4.42 Å². The van der Waals surface area contributed by atoms with Gasteiger partial charge in [-0.05, 0) is 13.8 Å². The topological polar surface area (TPSA) is 68.9 Å². The molecule has 3 aromatic rings. The zero-order valence-electron chi connectivity index (χ0n) is 12.7. The van der Waals surface area contributed by atoms with E-state index in [1.165, 1.54) is 11.8 Å². The Morgan fingerprint density at radius 1 is 1.30 bits per heavy atom. The van der Waals surface area contributed by atoms with Crippen molar-refractivity contribution in [3.8, 4) is 0 Å². The minimum absolute atomic E-state index is 0.0467. The summed E-state index contributed by atoms with van der Waals surface area (Å²) in [7, 11) is 0. The minimum Gasteiger partial charge on any atom is -0.416 e. The summed E-state index contributed by atoms with van der Waals surface area (Å²) in [4.78, 5) is 16.7. The Morgan fingerprint density at radius 3 is 2.78 bits per heavy atom. The van der Waals surface area contributed by atoms with Crippen molar-refractivity contribution in [3.05, 3.63) is 57.9 Å². The van der Waals surface area contributed by atoms with Gasteiger partial charge in [0.1, 0.15) is 0 Å². The maximum atomic E-state index is 12.3. The molecule has 1 unspecified atom stereocenters. The fraction of sp³-hybridized carbons (Fsp3) is 0.250. The van der Waals surface area contributed by atoms with E-state index >= 15 is 0 Å². The summed E-state index contributed by atoms with van der Waals surface area (Å²) in [5, 5.41) is 11.1. The predicted molar refractivity (Wildman–Crippen MR) is 90.0 cm³/mol. The third-order valence-electron chi connectivity index (χ3n) is 3.15. The molecule has 0 saturated carbocycles. The van der Waals surface area contributed by atoms with E-state index in [1.54, 1.807) is 11.3 Å². The Kier molecular flexibility index (Phi) is 4.88. The fourth-order valence-electron chi connectivity index (χ4n) is 2.04. The Balaban J connectivity index is 1.63. The van der Waals surface area contributed by atoms with Crippen molar-refractivity contribution >= 4 is 28.9 Å². The third-order valence-corrected chi connectivity index (χ3v) is 4.91. The van der Waals surface area contributed by atoms with Crippen LogP contribution in [0.15, 0.2) is 45.4 Å². The van der Waals surface area contributed by atoms with Gasteiger partial charge in [0, 0.05) is 10.9 Å². The number of rotatable bonds is 6. The molecule has 1 aromatic carbocycles. The molecule has 2 heterocycles. The molecule has 0 aliphatic rings. The molecular weight excluding hydrogens is 330 g/mol. The summed E-state index contributed by atoms with van der Waals surface area (Å²) in [6.45, 7) is 3.80. The second kappa shape index (κ2) is 7.06. The van der Waals surface area contributed by atoms with Crippen molar-refractivity contribution in [1.82, 2.24) is 15.2 Å². The van der Waals surface area contributed by atoms with E-state index in [0.717, 1.165) is 10.7 Å². The monoisotopic (exact) mass is 345 g/mol. The first-order valence-electron chi connectivity index (χ1n) is 7.11. The van der Waals surface area contributed by atoms with Crippen LogP contribution in [-0.4, -0.2) is 26.2 Å². The van der Waals surface area contributed by atoms with Crippen molar-refractivity contribution in [2.45, 2.75) is 30.7 Å². The lowest BCUT2D eigenvalue weighted by Crippen LogP contribution is -2.13. The molecule has 0 spiro atoms. The number of hydrogen-bond acceptors (Lipinski definition) is 7. The van der Waals surface area contributed by atoms with Crippen LogP contribution in [-0.2, 0) is 6.42 Å². The standard InChI is InChI=1S/C16H15N3O2S2/c1-10(15(20)12-6-4-3-5-7-12)23-16-19-18-14(21-16)8-13-9-22-11(2)17-13/h3-7,9-10H,8H2,1-2H3. The van der Waals surface area contributed by atoms with Crippen molar-refractivity contribution in [2.75, 3.05) is 0 Å². The van der Waals surface area contributed by atoms with Gasteiger partial charge in [0.15, 0.2) is 5.78 Å².